The number of carbonyl (C=O) groups is 1. The molecule has 0 radical (unpaired) electrons. The Labute approximate surface area is 136 Å². The van der Waals surface area contributed by atoms with Gasteiger partial charge in [-0.2, -0.15) is 0 Å². The van der Waals surface area contributed by atoms with Crippen LogP contribution >= 0.6 is 15.9 Å². The molecular weight excluding hydrogens is 332 g/mol. The Hall–Kier alpha value is -0.840. The maximum Gasteiger partial charge on any atom is 0.410 e. The smallest absolute Gasteiger partial charge is 0.410 e. The van der Waals surface area contributed by atoms with Crippen LogP contribution in [0.2, 0.25) is 0 Å². The summed E-state index contributed by atoms with van der Waals surface area (Å²) >= 11 is 3.57. The van der Waals surface area contributed by atoms with Crippen LogP contribution in [0, 0.1) is 0 Å². The van der Waals surface area contributed by atoms with Crippen molar-refractivity contribution in [2.24, 2.45) is 4.99 Å². The van der Waals surface area contributed by atoms with E-state index in [9.17, 15) is 4.79 Å². The molecule has 0 saturated carbocycles. The molecule has 1 rings (SSSR count). The maximum absolute atomic E-state index is 12.2. The number of aliphatic imine (C=N–C) groups is 1. The van der Waals surface area contributed by atoms with E-state index in [1.807, 2.05) is 20.8 Å². The number of halogens is 1. The fraction of sp³-hybridized carbons (Fsp3) is 0.750. The summed E-state index contributed by atoms with van der Waals surface area (Å²) < 4.78 is 6.32. The van der Waals surface area contributed by atoms with Gasteiger partial charge in [-0.25, -0.2) is 4.79 Å². The summed E-state index contributed by atoms with van der Waals surface area (Å²) in [6, 6.07) is 0.275. The second-order valence-corrected chi connectivity index (χ2v) is 7.34. The number of amides is 1. The lowest BCUT2D eigenvalue weighted by Crippen LogP contribution is -2.41. The van der Waals surface area contributed by atoms with E-state index < -0.39 is 5.60 Å². The van der Waals surface area contributed by atoms with Crippen LogP contribution in [-0.4, -0.2) is 40.3 Å². The average Bonchev–Trinajstić information content (AvgIpc) is 2.36. The molecule has 1 aliphatic heterocycles. The van der Waals surface area contributed by atoms with Crippen LogP contribution in [0.1, 0.15) is 54.4 Å². The lowest BCUT2D eigenvalue weighted by atomic mass is 10.0. The van der Waals surface area contributed by atoms with Gasteiger partial charge in [-0.3, -0.25) is 4.99 Å². The summed E-state index contributed by atoms with van der Waals surface area (Å²) in [5.41, 5.74) is 1.93. The minimum absolute atomic E-state index is 0.253. The number of hydrogen-bond donors (Lipinski definition) is 0. The van der Waals surface area contributed by atoms with Crippen molar-refractivity contribution in [1.82, 2.24) is 4.90 Å². The Morgan fingerprint density at radius 2 is 2.10 bits per heavy atom. The minimum atomic E-state index is -0.463. The van der Waals surface area contributed by atoms with Crippen molar-refractivity contribution in [3.63, 3.8) is 0 Å². The predicted molar refractivity (Wildman–Crippen MR) is 91.2 cm³/mol. The molecule has 4 nitrogen and oxygen atoms in total. The highest BCUT2D eigenvalue weighted by molar-refractivity contribution is 9.18. The molecule has 1 atom stereocenters. The molecule has 21 heavy (non-hydrogen) atoms. The number of ether oxygens (including phenoxy) is 1. The van der Waals surface area contributed by atoms with Crippen LogP contribution in [-0.2, 0) is 4.74 Å². The molecule has 0 spiro atoms. The van der Waals surface area contributed by atoms with Gasteiger partial charge in [-0.05, 0) is 63.4 Å². The van der Waals surface area contributed by atoms with Gasteiger partial charge in [0.1, 0.15) is 10.2 Å². The van der Waals surface area contributed by atoms with Crippen LogP contribution in [0.5, 0.6) is 0 Å². The summed E-state index contributed by atoms with van der Waals surface area (Å²) in [6.45, 7) is 13.2. The monoisotopic (exact) mass is 358 g/mol. The summed E-state index contributed by atoms with van der Waals surface area (Å²) in [4.78, 5) is 18.6. The van der Waals surface area contributed by atoms with E-state index in [2.05, 4.69) is 41.7 Å². The fourth-order valence-corrected chi connectivity index (χ4v) is 2.76. The number of nitrogens with zero attached hydrogens (tertiary/aromatic N) is 2. The van der Waals surface area contributed by atoms with Gasteiger partial charge in [0.05, 0.1) is 6.54 Å². The number of hydrogen-bond acceptors (Lipinski definition) is 3. The van der Waals surface area contributed by atoms with E-state index in [1.54, 1.807) is 4.90 Å². The minimum Gasteiger partial charge on any atom is -0.444 e. The molecule has 1 unspecified atom stereocenters. The van der Waals surface area contributed by atoms with Crippen LogP contribution < -0.4 is 0 Å². The Balaban J connectivity index is 2.83. The summed E-state index contributed by atoms with van der Waals surface area (Å²) in [7, 11) is 0. The quantitative estimate of drug-likeness (QED) is 0.695. The first-order valence-corrected chi connectivity index (χ1v) is 8.33. The highest BCUT2D eigenvalue weighted by Gasteiger charge is 2.27. The Morgan fingerprint density at radius 1 is 1.48 bits per heavy atom. The highest BCUT2D eigenvalue weighted by atomic mass is 79.9. The van der Waals surface area contributed by atoms with Crippen molar-refractivity contribution in [2.45, 2.75) is 66.0 Å². The van der Waals surface area contributed by atoms with Gasteiger partial charge in [0, 0.05) is 18.2 Å². The van der Waals surface area contributed by atoms with E-state index in [-0.39, 0.29) is 12.1 Å². The second-order valence-electron chi connectivity index (χ2n) is 6.59. The van der Waals surface area contributed by atoms with Gasteiger partial charge in [0.25, 0.3) is 0 Å². The molecule has 0 aliphatic carbocycles. The standard InChI is InChI=1S/C16H27BrN2O2/c1-7-12(3)18-14(17)13-10-19(9-8-11(13)2)15(20)21-16(4,5)6/h12H,7-10H2,1-6H3. The lowest BCUT2D eigenvalue weighted by Gasteiger charge is -2.31. The Kier molecular flexibility index (Phi) is 6.44. The Morgan fingerprint density at radius 3 is 2.62 bits per heavy atom. The predicted octanol–water partition coefficient (Wildman–Crippen LogP) is 4.54. The van der Waals surface area contributed by atoms with Gasteiger partial charge in [-0.1, -0.05) is 12.5 Å². The largest absolute Gasteiger partial charge is 0.444 e. The maximum atomic E-state index is 12.2. The third-order valence-electron chi connectivity index (χ3n) is 3.45. The molecule has 0 aromatic heterocycles. The highest BCUT2D eigenvalue weighted by Crippen LogP contribution is 2.23. The van der Waals surface area contributed by atoms with Crippen molar-refractivity contribution < 1.29 is 9.53 Å². The lowest BCUT2D eigenvalue weighted by molar-refractivity contribution is 0.0263. The molecule has 0 aromatic carbocycles. The first-order valence-electron chi connectivity index (χ1n) is 7.54. The van der Waals surface area contributed by atoms with E-state index in [0.29, 0.717) is 13.1 Å². The zero-order valence-corrected chi connectivity index (χ0v) is 15.6. The second kappa shape index (κ2) is 7.43. The van der Waals surface area contributed by atoms with E-state index >= 15 is 0 Å². The van der Waals surface area contributed by atoms with E-state index in [0.717, 1.165) is 23.0 Å². The molecule has 1 aliphatic rings. The van der Waals surface area contributed by atoms with Crippen LogP contribution in [0.15, 0.2) is 16.1 Å². The first-order chi connectivity index (χ1) is 9.64. The molecule has 0 bridgehead atoms. The topological polar surface area (TPSA) is 41.9 Å². The fourth-order valence-electron chi connectivity index (χ4n) is 1.94. The van der Waals surface area contributed by atoms with E-state index in [1.165, 1.54) is 5.57 Å². The van der Waals surface area contributed by atoms with Gasteiger partial charge < -0.3 is 9.64 Å². The van der Waals surface area contributed by atoms with Crippen LogP contribution in [0.3, 0.4) is 0 Å². The van der Waals surface area contributed by atoms with Gasteiger partial charge in [-0.15, -0.1) is 0 Å². The molecule has 0 N–H and O–H groups in total. The van der Waals surface area contributed by atoms with Crippen LogP contribution in [0.25, 0.3) is 0 Å². The first kappa shape index (κ1) is 18.2. The molecule has 1 heterocycles. The molecule has 0 saturated heterocycles. The van der Waals surface area contributed by atoms with Crippen LogP contribution in [0.4, 0.5) is 4.79 Å². The van der Waals surface area contributed by atoms with Crippen molar-refractivity contribution in [1.29, 1.82) is 0 Å². The Bertz CT molecular complexity index is 450. The third kappa shape index (κ3) is 5.81. The zero-order chi connectivity index (χ0) is 16.2. The van der Waals surface area contributed by atoms with Gasteiger partial charge in [0.15, 0.2) is 0 Å². The SMILES string of the molecule is CCC(C)N=C(Br)C1=C(C)CCN(C(=O)OC(C)(C)C)C1. The molecule has 5 heteroatoms. The molecular formula is C16H27BrN2O2. The molecule has 0 aromatic rings. The third-order valence-corrected chi connectivity index (χ3v) is 4.13. The van der Waals surface area contributed by atoms with Crippen molar-refractivity contribution in [3.8, 4) is 0 Å². The average molecular weight is 359 g/mol. The zero-order valence-electron chi connectivity index (χ0n) is 14.0. The molecule has 1 amide bonds. The summed E-state index contributed by atoms with van der Waals surface area (Å²) in [5, 5.41) is 0. The van der Waals surface area contributed by atoms with E-state index in [4.69, 9.17) is 4.74 Å². The molecule has 120 valence electrons. The van der Waals surface area contributed by atoms with Gasteiger partial charge in [0.2, 0.25) is 0 Å². The van der Waals surface area contributed by atoms with Crippen molar-refractivity contribution in [3.05, 3.63) is 11.1 Å². The number of rotatable bonds is 3. The number of carbonyl (C=O) groups excluding carboxylic acids is 1. The normalized spacial score (nSPS) is 18.8. The molecule has 0 fully saturated rings. The van der Waals surface area contributed by atoms with Crippen molar-refractivity contribution in [2.75, 3.05) is 13.1 Å². The summed E-state index contributed by atoms with van der Waals surface area (Å²) in [5.74, 6) is 0. The summed E-state index contributed by atoms with van der Waals surface area (Å²) in [6.07, 6.45) is 1.60. The van der Waals surface area contributed by atoms with Crippen molar-refractivity contribution >= 4 is 26.6 Å². The van der Waals surface area contributed by atoms with Gasteiger partial charge >= 0.3 is 6.09 Å².